The van der Waals surface area contributed by atoms with Crippen LogP contribution in [0.15, 0.2) is 0 Å². The topological polar surface area (TPSA) is 60.4 Å². The molecule has 2 atom stereocenters. The van der Waals surface area contributed by atoms with Crippen LogP contribution >= 0.6 is 0 Å². The lowest BCUT2D eigenvalue weighted by molar-refractivity contribution is -0.141. The van der Waals surface area contributed by atoms with E-state index in [0.717, 1.165) is 0 Å². The zero-order valence-corrected chi connectivity index (χ0v) is 8.01. The van der Waals surface area contributed by atoms with Gasteiger partial charge in [0.2, 0.25) is 0 Å². The molecule has 0 aromatic rings. The van der Waals surface area contributed by atoms with Crippen molar-refractivity contribution in [3.05, 3.63) is 0 Å². The summed E-state index contributed by atoms with van der Waals surface area (Å²) in [7, 11) is -2.09. The van der Waals surface area contributed by atoms with Crippen LogP contribution in [0.1, 0.15) is 6.42 Å². The van der Waals surface area contributed by atoms with Gasteiger partial charge in [0.25, 0.3) is 0 Å². The van der Waals surface area contributed by atoms with Crippen molar-refractivity contribution in [1.82, 2.24) is 0 Å². The molecular weight excluding hydrogens is 199 g/mol. The van der Waals surface area contributed by atoms with Crippen LogP contribution in [0.2, 0.25) is 0 Å². The lowest BCUT2D eigenvalue weighted by Crippen LogP contribution is -2.18. The van der Waals surface area contributed by atoms with Crippen LogP contribution in [0.5, 0.6) is 0 Å². The van der Waals surface area contributed by atoms with Crippen molar-refractivity contribution in [1.29, 1.82) is 0 Å². The Morgan fingerprint density at radius 1 is 1.54 bits per heavy atom. The van der Waals surface area contributed by atoms with Crippen LogP contribution in [0.3, 0.4) is 0 Å². The third-order valence-corrected chi connectivity index (χ3v) is 3.81. The minimum Gasteiger partial charge on any atom is -0.469 e. The Hall–Kier alpha value is -0.650. The number of hydrogen-bond acceptors (Lipinski definition) is 4. The molecule has 13 heavy (non-hydrogen) atoms. The van der Waals surface area contributed by atoms with E-state index in [9.17, 15) is 17.6 Å². The number of carbonyl (C=O) groups is 1. The molecule has 0 radical (unpaired) electrons. The average molecular weight is 210 g/mol. The normalized spacial score (nSPS) is 31.5. The molecule has 6 heteroatoms. The summed E-state index contributed by atoms with van der Waals surface area (Å²) in [6.45, 7) is 0. The minimum atomic E-state index is -3.28. The summed E-state index contributed by atoms with van der Waals surface area (Å²) in [5.41, 5.74) is 0. The number of alkyl halides is 1. The van der Waals surface area contributed by atoms with E-state index in [0.29, 0.717) is 0 Å². The van der Waals surface area contributed by atoms with Crippen molar-refractivity contribution in [2.75, 3.05) is 18.6 Å². The fraction of sp³-hybridized carbons (Fsp3) is 0.857. The van der Waals surface area contributed by atoms with Crippen molar-refractivity contribution in [3.63, 3.8) is 0 Å². The number of hydrogen-bond donors (Lipinski definition) is 0. The van der Waals surface area contributed by atoms with Gasteiger partial charge in [-0.3, -0.25) is 4.79 Å². The molecule has 1 rings (SSSR count). The van der Waals surface area contributed by atoms with Crippen LogP contribution < -0.4 is 0 Å². The Morgan fingerprint density at radius 2 is 2.15 bits per heavy atom. The van der Waals surface area contributed by atoms with Crippen LogP contribution in [0.25, 0.3) is 0 Å². The first-order chi connectivity index (χ1) is 5.94. The summed E-state index contributed by atoms with van der Waals surface area (Å²) in [5, 5.41) is 0. The molecule has 1 aliphatic rings. The number of rotatable bonds is 2. The number of carbonyl (C=O) groups excluding carboxylic acids is 1. The lowest BCUT2D eigenvalue weighted by Gasteiger charge is -2.07. The average Bonchev–Trinajstić information content (AvgIpc) is 2.24. The zero-order chi connectivity index (χ0) is 10.1. The summed E-state index contributed by atoms with van der Waals surface area (Å²) in [6.07, 6.45) is -1.58. The third-order valence-electron chi connectivity index (χ3n) is 2.05. The van der Waals surface area contributed by atoms with Gasteiger partial charge in [-0.1, -0.05) is 0 Å². The summed E-state index contributed by atoms with van der Waals surface area (Å²) >= 11 is 0. The highest BCUT2D eigenvalue weighted by molar-refractivity contribution is 7.91. The molecular formula is C7H11FO4S. The van der Waals surface area contributed by atoms with Gasteiger partial charge in [-0.05, 0) is 0 Å². The molecule has 76 valence electrons. The second-order valence-electron chi connectivity index (χ2n) is 3.13. The van der Waals surface area contributed by atoms with Gasteiger partial charge in [-0.25, -0.2) is 12.8 Å². The Morgan fingerprint density at radius 3 is 2.54 bits per heavy atom. The largest absolute Gasteiger partial charge is 0.469 e. The van der Waals surface area contributed by atoms with Crippen LogP contribution in [-0.2, 0) is 19.4 Å². The summed E-state index contributed by atoms with van der Waals surface area (Å²) < 4.78 is 39.2. The van der Waals surface area contributed by atoms with Gasteiger partial charge >= 0.3 is 5.97 Å². The van der Waals surface area contributed by atoms with Crippen molar-refractivity contribution in [2.45, 2.75) is 12.6 Å². The summed E-state index contributed by atoms with van der Waals surface area (Å²) in [5.74, 6) is -2.00. The number of halogens is 1. The highest BCUT2D eigenvalue weighted by atomic mass is 32.2. The van der Waals surface area contributed by atoms with E-state index >= 15 is 0 Å². The molecule has 0 bridgehead atoms. The predicted molar refractivity (Wildman–Crippen MR) is 43.7 cm³/mol. The van der Waals surface area contributed by atoms with Gasteiger partial charge in [0, 0.05) is 5.92 Å². The van der Waals surface area contributed by atoms with E-state index in [-0.39, 0.29) is 12.2 Å². The zero-order valence-electron chi connectivity index (χ0n) is 7.20. The number of sulfone groups is 1. The van der Waals surface area contributed by atoms with E-state index in [2.05, 4.69) is 4.74 Å². The quantitative estimate of drug-likeness (QED) is 0.599. The van der Waals surface area contributed by atoms with Gasteiger partial charge in [0.05, 0.1) is 25.0 Å². The Kier molecular flexibility index (Phi) is 2.90. The SMILES string of the molecule is COC(=O)CC1CS(=O)(=O)CC1F. The van der Waals surface area contributed by atoms with Crippen molar-refractivity contribution in [3.8, 4) is 0 Å². The molecule has 0 amide bonds. The molecule has 0 aromatic heterocycles. The standard InChI is InChI=1S/C7H11FO4S/c1-12-7(9)2-5-3-13(10,11)4-6(5)8/h5-6H,2-4H2,1H3. The van der Waals surface area contributed by atoms with Crippen molar-refractivity contribution in [2.24, 2.45) is 5.92 Å². The van der Waals surface area contributed by atoms with Crippen molar-refractivity contribution >= 4 is 15.8 Å². The maximum Gasteiger partial charge on any atom is 0.305 e. The fourth-order valence-corrected chi connectivity index (χ4v) is 3.23. The van der Waals surface area contributed by atoms with E-state index in [4.69, 9.17) is 0 Å². The van der Waals surface area contributed by atoms with E-state index < -0.39 is 33.6 Å². The number of methoxy groups -OCH3 is 1. The molecule has 1 fully saturated rings. The van der Waals surface area contributed by atoms with Crippen LogP contribution in [-0.4, -0.2) is 39.2 Å². The van der Waals surface area contributed by atoms with Crippen LogP contribution in [0.4, 0.5) is 4.39 Å². The summed E-state index contributed by atoms with van der Waals surface area (Å²) in [6, 6.07) is 0. The molecule has 0 aliphatic carbocycles. The van der Waals surface area contributed by atoms with E-state index in [1.165, 1.54) is 7.11 Å². The second kappa shape index (κ2) is 3.61. The maximum absolute atomic E-state index is 13.0. The molecule has 0 aromatic carbocycles. The number of ether oxygens (including phenoxy) is 1. The first-order valence-electron chi connectivity index (χ1n) is 3.86. The third kappa shape index (κ3) is 2.65. The van der Waals surface area contributed by atoms with Gasteiger partial charge in [-0.2, -0.15) is 0 Å². The van der Waals surface area contributed by atoms with Gasteiger partial charge in [0.15, 0.2) is 9.84 Å². The molecule has 4 nitrogen and oxygen atoms in total. The molecule has 0 saturated carbocycles. The fourth-order valence-electron chi connectivity index (χ4n) is 1.36. The van der Waals surface area contributed by atoms with Crippen molar-refractivity contribution < 1.29 is 22.3 Å². The molecule has 2 unspecified atom stereocenters. The monoisotopic (exact) mass is 210 g/mol. The van der Waals surface area contributed by atoms with Crippen LogP contribution in [0, 0.1) is 5.92 Å². The molecule has 1 saturated heterocycles. The molecule has 1 aliphatic heterocycles. The first-order valence-corrected chi connectivity index (χ1v) is 5.68. The van der Waals surface area contributed by atoms with E-state index in [1.807, 2.05) is 0 Å². The molecule has 0 N–H and O–H groups in total. The Balaban J connectivity index is 2.59. The molecule has 0 spiro atoms. The highest BCUT2D eigenvalue weighted by Crippen LogP contribution is 2.25. The highest BCUT2D eigenvalue weighted by Gasteiger charge is 2.39. The maximum atomic E-state index is 13.0. The van der Waals surface area contributed by atoms with Gasteiger partial charge in [0.1, 0.15) is 6.17 Å². The minimum absolute atomic E-state index is 0.156. The Bertz CT molecular complexity index is 298. The van der Waals surface area contributed by atoms with E-state index in [1.54, 1.807) is 0 Å². The van der Waals surface area contributed by atoms with Gasteiger partial charge in [-0.15, -0.1) is 0 Å². The predicted octanol–water partition coefficient (Wildman–Crippen LogP) is -0.0678. The second-order valence-corrected chi connectivity index (χ2v) is 5.29. The lowest BCUT2D eigenvalue weighted by atomic mass is 10.0. The summed E-state index contributed by atoms with van der Waals surface area (Å²) in [4.78, 5) is 10.7. The molecule has 1 heterocycles. The first kappa shape index (κ1) is 10.4. The smallest absolute Gasteiger partial charge is 0.305 e. The van der Waals surface area contributed by atoms with Gasteiger partial charge < -0.3 is 4.74 Å². The number of esters is 1. The Labute approximate surface area is 76.0 Å².